The van der Waals surface area contributed by atoms with Crippen molar-refractivity contribution >= 4 is 16.3 Å². The summed E-state index contributed by atoms with van der Waals surface area (Å²) < 4.78 is 8.81. The Kier molecular flexibility index (Phi) is 3.05. The molecule has 0 atom stereocenters. The van der Waals surface area contributed by atoms with Gasteiger partial charge in [0.05, 0.1) is 17.5 Å². The first-order valence-corrected chi connectivity index (χ1v) is 7.98. The molecule has 23 heavy (non-hydrogen) atoms. The number of aryl methyl sites for hydroxylation is 3. The molecule has 9 heteroatoms. The number of rotatable bonds is 3. The first-order valence-electron chi connectivity index (χ1n) is 7.16. The minimum atomic E-state index is 0.681. The summed E-state index contributed by atoms with van der Waals surface area (Å²) in [7, 11) is 1.90. The lowest BCUT2D eigenvalue weighted by Gasteiger charge is -1.97. The van der Waals surface area contributed by atoms with Crippen LogP contribution in [0.4, 0.5) is 0 Å². The van der Waals surface area contributed by atoms with Crippen LogP contribution in [0.25, 0.3) is 16.3 Å². The van der Waals surface area contributed by atoms with Crippen molar-refractivity contribution in [1.29, 1.82) is 0 Å². The first kappa shape index (κ1) is 14.1. The Balaban J connectivity index is 1.76. The van der Waals surface area contributed by atoms with Crippen LogP contribution in [-0.2, 0) is 13.5 Å². The van der Waals surface area contributed by atoms with E-state index in [9.17, 15) is 0 Å². The van der Waals surface area contributed by atoms with Crippen molar-refractivity contribution in [1.82, 2.24) is 34.7 Å². The second kappa shape index (κ2) is 4.98. The molecule has 4 aromatic rings. The molecule has 4 rings (SSSR count). The van der Waals surface area contributed by atoms with E-state index in [1.165, 1.54) is 11.3 Å². The fraction of sp³-hybridized carbons (Fsp3) is 0.357. The molecule has 0 aliphatic heterocycles. The highest BCUT2D eigenvalue weighted by Crippen LogP contribution is 2.26. The van der Waals surface area contributed by atoms with Gasteiger partial charge in [0.25, 0.3) is 0 Å². The smallest absolute Gasteiger partial charge is 0.234 e. The van der Waals surface area contributed by atoms with Crippen molar-refractivity contribution in [2.24, 2.45) is 7.05 Å². The van der Waals surface area contributed by atoms with E-state index < -0.39 is 0 Å². The van der Waals surface area contributed by atoms with Crippen LogP contribution in [0.15, 0.2) is 10.7 Å². The molecule has 4 aromatic heterocycles. The highest BCUT2D eigenvalue weighted by Gasteiger charge is 2.18. The Labute approximate surface area is 135 Å². The predicted molar refractivity (Wildman–Crippen MR) is 84.4 cm³/mol. The largest absolute Gasteiger partial charge is 0.361 e. The summed E-state index contributed by atoms with van der Waals surface area (Å²) >= 11 is 1.52. The summed E-state index contributed by atoms with van der Waals surface area (Å²) in [5.41, 5.74) is 3.94. The standard InChI is InChI=1S/C14H15N7OS/c1-7-10(9(3)22-19-7)5-12-18-21-13(16-17-14(21)23-12)11-6-15-20(4)8(11)2/h6H,5H2,1-4H3. The van der Waals surface area contributed by atoms with Gasteiger partial charge in [0.15, 0.2) is 5.82 Å². The summed E-state index contributed by atoms with van der Waals surface area (Å²) in [6.45, 7) is 5.86. The Hall–Kier alpha value is -2.55. The van der Waals surface area contributed by atoms with E-state index >= 15 is 0 Å². The van der Waals surface area contributed by atoms with Crippen LogP contribution < -0.4 is 0 Å². The topological polar surface area (TPSA) is 86.9 Å². The van der Waals surface area contributed by atoms with Crippen LogP contribution in [0.3, 0.4) is 0 Å². The second-order valence-electron chi connectivity index (χ2n) is 5.46. The normalized spacial score (nSPS) is 11.7. The van der Waals surface area contributed by atoms with E-state index in [0.29, 0.717) is 12.2 Å². The molecule has 0 saturated carbocycles. The van der Waals surface area contributed by atoms with Crippen molar-refractivity contribution in [3.05, 3.63) is 33.9 Å². The lowest BCUT2D eigenvalue weighted by Crippen LogP contribution is -1.97. The predicted octanol–water partition coefficient (Wildman–Crippen LogP) is 2.09. The maximum absolute atomic E-state index is 5.22. The van der Waals surface area contributed by atoms with Crippen molar-refractivity contribution in [2.45, 2.75) is 27.2 Å². The molecule has 0 aliphatic carbocycles. The van der Waals surface area contributed by atoms with Crippen molar-refractivity contribution < 1.29 is 4.52 Å². The van der Waals surface area contributed by atoms with Crippen LogP contribution in [-0.4, -0.2) is 34.7 Å². The summed E-state index contributed by atoms with van der Waals surface area (Å²) in [6.07, 6.45) is 2.47. The monoisotopic (exact) mass is 329 g/mol. The van der Waals surface area contributed by atoms with E-state index in [4.69, 9.17) is 4.52 Å². The van der Waals surface area contributed by atoms with Gasteiger partial charge < -0.3 is 4.52 Å². The van der Waals surface area contributed by atoms with E-state index in [0.717, 1.165) is 38.2 Å². The number of aromatic nitrogens is 7. The van der Waals surface area contributed by atoms with Gasteiger partial charge in [0.1, 0.15) is 10.8 Å². The minimum absolute atomic E-state index is 0.681. The summed E-state index contributed by atoms with van der Waals surface area (Å²) in [5.74, 6) is 1.55. The molecular formula is C14H15N7OS. The lowest BCUT2D eigenvalue weighted by molar-refractivity contribution is 0.392. The molecule has 0 spiro atoms. The number of hydrogen-bond acceptors (Lipinski definition) is 7. The molecule has 0 bridgehead atoms. The molecule has 0 aromatic carbocycles. The molecule has 118 valence electrons. The van der Waals surface area contributed by atoms with Crippen molar-refractivity contribution in [3.63, 3.8) is 0 Å². The number of nitrogens with zero attached hydrogens (tertiary/aromatic N) is 7. The third-order valence-corrected chi connectivity index (χ3v) is 4.92. The number of hydrogen-bond donors (Lipinski definition) is 0. The van der Waals surface area contributed by atoms with E-state index in [1.54, 1.807) is 10.7 Å². The maximum Gasteiger partial charge on any atom is 0.234 e. The first-order chi connectivity index (χ1) is 11.0. The van der Waals surface area contributed by atoms with Gasteiger partial charge in [-0.2, -0.15) is 14.7 Å². The number of fused-ring (bicyclic) bond motifs is 1. The molecule has 0 amide bonds. The molecule has 0 aliphatic rings. The molecule has 0 radical (unpaired) electrons. The molecule has 4 heterocycles. The van der Waals surface area contributed by atoms with E-state index in [-0.39, 0.29) is 0 Å². The van der Waals surface area contributed by atoms with Gasteiger partial charge in [-0.15, -0.1) is 10.2 Å². The fourth-order valence-corrected chi connectivity index (χ4v) is 3.36. The molecule has 8 nitrogen and oxygen atoms in total. The molecule has 0 saturated heterocycles. The second-order valence-corrected chi connectivity index (χ2v) is 6.50. The summed E-state index contributed by atoms with van der Waals surface area (Å²) in [6, 6.07) is 0. The Morgan fingerprint density at radius 1 is 1.22 bits per heavy atom. The zero-order valence-electron chi connectivity index (χ0n) is 13.2. The van der Waals surface area contributed by atoms with Crippen LogP contribution in [0, 0.1) is 20.8 Å². The van der Waals surface area contributed by atoms with Gasteiger partial charge in [-0.05, 0) is 20.8 Å². The van der Waals surface area contributed by atoms with E-state index in [2.05, 4.69) is 25.6 Å². The van der Waals surface area contributed by atoms with Gasteiger partial charge in [-0.3, -0.25) is 4.68 Å². The lowest BCUT2D eigenvalue weighted by atomic mass is 10.1. The van der Waals surface area contributed by atoms with Gasteiger partial charge >= 0.3 is 0 Å². The summed E-state index contributed by atoms with van der Waals surface area (Å²) in [5, 5.41) is 22.3. The SMILES string of the molecule is Cc1noc(C)c1Cc1nn2c(-c3cnn(C)c3C)nnc2s1. The third-order valence-electron chi connectivity index (χ3n) is 4.02. The van der Waals surface area contributed by atoms with Crippen LogP contribution in [0.5, 0.6) is 0 Å². The molecule has 0 fully saturated rings. The van der Waals surface area contributed by atoms with Crippen LogP contribution in [0.1, 0.15) is 27.7 Å². The Bertz CT molecular complexity index is 987. The van der Waals surface area contributed by atoms with Gasteiger partial charge in [0.2, 0.25) is 4.96 Å². The van der Waals surface area contributed by atoms with Crippen molar-refractivity contribution in [3.8, 4) is 11.4 Å². The average molecular weight is 329 g/mol. The zero-order valence-corrected chi connectivity index (χ0v) is 14.0. The van der Waals surface area contributed by atoms with Crippen molar-refractivity contribution in [2.75, 3.05) is 0 Å². The summed E-state index contributed by atoms with van der Waals surface area (Å²) in [4.78, 5) is 0.769. The van der Waals surface area contributed by atoms with E-state index in [1.807, 2.05) is 32.5 Å². The van der Waals surface area contributed by atoms with Gasteiger partial charge in [-0.1, -0.05) is 16.5 Å². The highest BCUT2D eigenvalue weighted by molar-refractivity contribution is 7.16. The molecule has 0 N–H and O–H groups in total. The maximum atomic E-state index is 5.22. The van der Waals surface area contributed by atoms with Gasteiger partial charge in [-0.25, -0.2) is 0 Å². The van der Waals surface area contributed by atoms with Gasteiger partial charge in [0, 0.05) is 24.7 Å². The Morgan fingerprint density at radius 3 is 2.70 bits per heavy atom. The van der Waals surface area contributed by atoms with Crippen LogP contribution >= 0.6 is 11.3 Å². The highest BCUT2D eigenvalue weighted by atomic mass is 32.1. The van der Waals surface area contributed by atoms with Crippen LogP contribution in [0.2, 0.25) is 0 Å². The zero-order chi connectivity index (χ0) is 16.1. The molecule has 0 unspecified atom stereocenters. The third kappa shape index (κ3) is 2.15. The average Bonchev–Trinajstić information content (AvgIpc) is 3.24. The Morgan fingerprint density at radius 2 is 2.04 bits per heavy atom. The molecular weight excluding hydrogens is 314 g/mol. The quantitative estimate of drug-likeness (QED) is 0.572. The fourth-order valence-electron chi connectivity index (χ4n) is 2.52. The minimum Gasteiger partial charge on any atom is -0.361 e.